The SMILES string of the molecule is CC1=C2CC3C(CCC4CC(=O)CCC43C)C2CCC2(C1)OC1CC(C)CN(CCNC(=O)C(C)(C)C)C1C2C. The molecule has 2 heterocycles. The Morgan fingerprint density at radius 1 is 1.12 bits per heavy atom. The molecule has 2 saturated heterocycles. The van der Waals surface area contributed by atoms with Crippen LogP contribution in [-0.2, 0) is 14.3 Å². The summed E-state index contributed by atoms with van der Waals surface area (Å²) in [5.41, 5.74) is 3.37. The molecule has 0 radical (unpaired) electrons. The predicted molar refractivity (Wildman–Crippen MR) is 160 cm³/mol. The summed E-state index contributed by atoms with van der Waals surface area (Å²) in [7, 11) is 0. The number of carbonyl (C=O) groups excluding carboxylic acids is 2. The van der Waals surface area contributed by atoms with E-state index in [1.165, 1.54) is 32.1 Å². The van der Waals surface area contributed by atoms with Crippen molar-refractivity contribution in [2.24, 2.45) is 46.3 Å². The van der Waals surface area contributed by atoms with Crippen molar-refractivity contribution in [3.63, 3.8) is 0 Å². The fraction of sp³-hybridized carbons (Fsp3) is 0.886. The third kappa shape index (κ3) is 4.74. The van der Waals surface area contributed by atoms with Crippen molar-refractivity contribution in [2.75, 3.05) is 19.6 Å². The molecule has 2 aliphatic heterocycles. The number of hydrogen-bond donors (Lipinski definition) is 1. The average molecular weight is 553 g/mol. The van der Waals surface area contributed by atoms with E-state index >= 15 is 0 Å². The Labute approximate surface area is 243 Å². The van der Waals surface area contributed by atoms with Crippen molar-refractivity contribution < 1.29 is 14.3 Å². The maximum Gasteiger partial charge on any atom is 0.225 e. The summed E-state index contributed by atoms with van der Waals surface area (Å²) < 4.78 is 7.26. The summed E-state index contributed by atoms with van der Waals surface area (Å²) in [6.45, 7) is 18.5. The molecular formula is C35H56N2O3. The zero-order valence-corrected chi connectivity index (χ0v) is 26.5. The smallest absolute Gasteiger partial charge is 0.225 e. The van der Waals surface area contributed by atoms with Gasteiger partial charge in [-0.15, -0.1) is 0 Å². The van der Waals surface area contributed by atoms with Crippen LogP contribution in [0.1, 0.15) is 113 Å². The molecule has 5 heteroatoms. The van der Waals surface area contributed by atoms with E-state index in [0.29, 0.717) is 47.6 Å². The monoisotopic (exact) mass is 552 g/mol. The van der Waals surface area contributed by atoms with Gasteiger partial charge in [0.05, 0.1) is 11.7 Å². The predicted octanol–water partition coefficient (Wildman–Crippen LogP) is 6.55. The van der Waals surface area contributed by atoms with E-state index in [0.717, 1.165) is 62.9 Å². The molecule has 3 saturated carbocycles. The highest BCUT2D eigenvalue weighted by molar-refractivity contribution is 5.81. The Balaban J connectivity index is 1.19. The average Bonchev–Trinajstić information content (AvgIpc) is 3.34. The van der Waals surface area contributed by atoms with Gasteiger partial charge in [-0.1, -0.05) is 52.7 Å². The Morgan fingerprint density at radius 3 is 2.65 bits per heavy atom. The molecule has 5 nitrogen and oxygen atoms in total. The van der Waals surface area contributed by atoms with Gasteiger partial charge < -0.3 is 10.1 Å². The van der Waals surface area contributed by atoms with Gasteiger partial charge in [-0.2, -0.15) is 0 Å². The fourth-order valence-corrected chi connectivity index (χ4v) is 10.8. The van der Waals surface area contributed by atoms with E-state index in [-0.39, 0.29) is 16.9 Å². The van der Waals surface area contributed by atoms with Crippen LogP contribution in [0, 0.1) is 46.3 Å². The number of carbonyl (C=O) groups is 2. The van der Waals surface area contributed by atoms with Gasteiger partial charge >= 0.3 is 0 Å². The van der Waals surface area contributed by atoms with Gasteiger partial charge in [0.15, 0.2) is 0 Å². The number of ether oxygens (including phenoxy) is 1. The van der Waals surface area contributed by atoms with Crippen molar-refractivity contribution in [3.8, 4) is 0 Å². The number of nitrogens with zero attached hydrogens (tertiary/aromatic N) is 1. The summed E-state index contributed by atoms with van der Waals surface area (Å²) in [6.07, 6.45) is 11.6. The number of piperidine rings is 1. The number of amides is 1. The van der Waals surface area contributed by atoms with Gasteiger partial charge in [0.2, 0.25) is 5.91 Å². The molecule has 224 valence electrons. The quantitative estimate of drug-likeness (QED) is 0.403. The van der Waals surface area contributed by atoms with Crippen molar-refractivity contribution in [1.82, 2.24) is 10.2 Å². The lowest BCUT2D eigenvalue weighted by Crippen LogP contribution is -2.54. The summed E-state index contributed by atoms with van der Waals surface area (Å²) >= 11 is 0. The molecule has 0 aromatic heterocycles. The molecule has 1 N–H and O–H groups in total. The molecule has 10 atom stereocenters. The molecule has 5 fully saturated rings. The fourth-order valence-electron chi connectivity index (χ4n) is 10.8. The van der Waals surface area contributed by atoms with Crippen molar-refractivity contribution in [3.05, 3.63) is 11.1 Å². The lowest BCUT2D eigenvalue weighted by atomic mass is 9.52. The number of ketones is 1. The summed E-state index contributed by atoms with van der Waals surface area (Å²) in [5.74, 6) is 4.67. The second-order valence-electron chi connectivity index (χ2n) is 16.5. The van der Waals surface area contributed by atoms with Crippen LogP contribution in [-0.4, -0.2) is 54.0 Å². The van der Waals surface area contributed by atoms with E-state index in [1.807, 2.05) is 20.8 Å². The molecule has 1 spiro atoms. The molecule has 1 amide bonds. The summed E-state index contributed by atoms with van der Waals surface area (Å²) in [5, 5.41) is 3.20. The Morgan fingerprint density at radius 2 is 1.90 bits per heavy atom. The van der Waals surface area contributed by atoms with Gasteiger partial charge in [-0.05, 0) is 93.3 Å². The topological polar surface area (TPSA) is 58.6 Å². The second kappa shape index (κ2) is 10.2. The number of fused-ring (bicyclic) bond motifs is 6. The maximum atomic E-state index is 12.5. The Kier molecular flexibility index (Phi) is 7.38. The number of rotatable bonds is 3. The van der Waals surface area contributed by atoms with Crippen LogP contribution in [0.25, 0.3) is 0 Å². The zero-order chi connectivity index (χ0) is 28.6. The molecular weight excluding hydrogens is 496 g/mol. The van der Waals surface area contributed by atoms with Gasteiger partial charge in [0.25, 0.3) is 0 Å². The molecule has 40 heavy (non-hydrogen) atoms. The van der Waals surface area contributed by atoms with E-state index in [9.17, 15) is 9.59 Å². The highest BCUT2D eigenvalue weighted by Crippen LogP contribution is 2.65. The van der Waals surface area contributed by atoms with Crippen molar-refractivity contribution in [1.29, 1.82) is 0 Å². The standard InChI is InChI=1S/C35H56N2O3/c1-21-16-30-31(37(20-21)15-14-36-32(39)33(4,5)6)23(3)35(40-30)13-11-26-27-9-8-24-17-25(38)10-12-34(24,7)29(27)18-28(26)22(2)19-35/h21,23-24,26-27,29-31H,8-20H2,1-7H3,(H,36,39). The molecule has 6 aliphatic rings. The first kappa shape index (κ1) is 28.9. The first-order valence-corrected chi connectivity index (χ1v) is 16.7. The van der Waals surface area contributed by atoms with Gasteiger partial charge in [0.1, 0.15) is 5.78 Å². The maximum absolute atomic E-state index is 12.5. The van der Waals surface area contributed by atoms with Crippen LogP contribution in [0.2, 0.25) is 0 Å². The minimum Gasteiger partial charge on any atom is -0.369 e. The molecule has 0 bridgehead atoms. The van der Waals surface area contributed by atoms with E-state index < -0.39 is 0 Å². The van der Waals surface area contributed by atoms with Gasteiger partial charge in [0, 0.05) is 49.9 Å². The van der Waals surface area contributed by atoms with E-state index in [2.05, 4.69) is 37.9 Å². The number of Topliss-reactive ketones (excluding diaryl/α,β-unsaturated/α-hetero) is 1. The van der Waals surface area contributed by atoms with Crippen molar-refractivity contribution >= 4 is 11.7 Å². The lowest BCUT2D eigenvalue weighted by Gasteiger charge is -2.52. The third-order valence-corrected chi connectivity index (χ3v) is 13.0. The van der Waals surface area contributed by atoms with Crippen LogP contribution in [0.15, 0.2) is 11.1 Å². The Bertz CT molecular complexity index is 1060. The summed E-state index contributed by atoms with van der Waals surface area (Å²) in [4.78, 5) is 27.5. The molecule has 0 aromatic carbocycles. The van der Waals surface area contributed by atoms with E-state index in [1.54, 1.807) is 11.1 Å². The van der Waals surface area contributed by atoms with Crippen LogP contribution < -0.4 is 5.32 Å². The first-order chi connectivity index (χ1) is 18.8. The number of hydrogen-bond acceptors (Lipinski definition) is 4. The summed E-state index contributed by atoms with van der Waals surface area (Å²) in [6, 6.07) is 0.445. The number of likely N-dealkylation sites (tertiary alicyclic amines) is 1. The minimum absolute atomic E-state index is 0.0540. The molecule has 10 unspecified atom stereocenters. The first-order valence-electron chi connectivity index (χ1n) is 16.7. The highest BCUT2D eigenvalue weighted by Gasteiger charge is 2.60. The normalized spacial score (nSPS) is 45.5. The highest BCUT2D eigenvalue weighted by atomic mass is 16.5. The number of nitrogens with one attached hydrogen (secondary N) is 1. The van der Waals surface area contributed by atoms with Crippen LogP contribution in [0.5, 0.6) is 0 Å². The van der Waals surface area contributed by atoms with Crippen LogP contribution >= 0.6 is 0 Å². The van der Waals surface area contributed by atoms with Crippen LogP contribution in [0.4, 0.5) is 0 Å². The van der Waals surface area contributed by atoms with Crippen LogP contribution in [0.3, 0.4) is 0 Å². The largest absolute Gasteiger partial charge is 0.369 e. The molecule has 0 aromatic rings. The zero-order valence-electron chi connectivity index (χ0n) is 26.5. The molecule has 4 aliphatic carbocycles. The van der Waals surface area contributed by atoms with Gasteiger partial charge in [-0.25, -0.2) is 0 Å². The van der Waals surface area contributed by atoms with Gasteiger partial charge in [-0.3, -0.25) is 14.5 Å². The lowest BCUT2D eigenvalue weighted by molar-refractivity contribution is -0.130. The molecule has 6 rings (SSSR count). The van der Waals surface area contributed by atoms with Crippen molar-refractivity contribution in [2.45, 2.75) is 130 Å². The van der Waals surface area contributed by atoms with E-state index in [4.69, 9.17) is 4.74 Å². The minimum atomic E-state index is -0.348. The number of allylic oxidation sites excluding steroid dienone is 1. The third-order valence-electron chi connectivity index (χ3n) is 13.0. The Hall–Kier alpha value is -1.20. The second-order valence-corrected chi connectivity index (χ2v) is 16.5.